The highest BCUT2D eigenvalue weighted by Gasteiger charge is 2.34. The third-order valence-corrected chi connectivity index (χ3v) is 4.74. The van der Waals surface area contributed by atoms with Crippen LogP contribution in [0.2, 0.25) is 0 Å². The topological polar surface area (TPSA) is 106 Å². The molecule has 0 unspecified atom stereocenters. The van der Waals surface area contributed by atoms with Crippen molar-refractivity contribution in [2.75, 3.05) is 13.4 Å². The van der Waals surface area contributed by atoms with Gasteiger partial charge in [-0.25, -0.2) is 22.8 Å². The lowest BCUT2D eigenvalue weighted by molar-refractivity contribution is 0.0913. The number of hydrogen-bond acceptors (Lipinski definition) is 6. The fraction of sp³-hybridized carbons (Fsp3) is 0.857. The van der Waals surface area contributed by atoms with E-state index in [-0.39, 0.29) is 12.0 Å². The monoisotopic (exact) mass is 346 g/mol. The summed E-state index contributed by atoms with van der Waals surface area (Å²) >= 11 is 0. The van der Waals surface area contributed by atoms with Crippen molar-refractivity contribution in [3.05, 3.63) is 11.6 Å². The molecule has 23 heavy (non-hydrogen) atoms. The molecule has 1 aliphatic rings. The van der Waals surface area contributed by atoms with Gasteiger partial charge in [-0.05, 0) is 33.1 Å². The van der Waals surface area contributed by atoms with E-state index in [2.05, 4.69) is 14.8 Å². The van der Waals surface area contributed by atoms with E-state index in [9.17, 15) is 13.5 Å². The van der Waals surface area contributed by atoms with Gasteiger partial charge >= 0.3 is 0 Å². The zero-order valence-electron chi connectivity index (χ0n) is 14.1. The molecule has 0 bridgehead atoms. The van der Waals surface area contributed by atoms with Crippen molar-refractivity contribution in [2.45, 2.75) is 63.8 Å². The van der Waals surface area contributed by atoms with Crippen molar-refractivity contribution in [2.24, 2.45) is 0 Å². The molecule has 1 fully saturated rings. The SMILES string of the molecule is COCc1nc([C@H]2CC[C@@H](O)[C@H](NS(C)(=O)=O)C2)n(C(C)C)n1. The summed E-state index contributed by atoms with van der Waals surface area (Å²) in [4.78, 5) is 4.57. The van der Waals surface area contributed by atoms with Gasteiger partial charge in [-0.15, -0.1) is 0 Å². The molecule has 1 saturated carbocycles. The van der Waals surface area contributed by atoms with Crippen LogP contribution in [-0.4, -0.2) is 53.8 Å². The van der Waals surface area contributed by atoms with E-state index in [1.807, 2.05) is 18.5 Å². The lowest BCUT2D eigenvalue weighted by Gasteiger charge is -2.33. The molecule has 1 heterocycles. The Hall–Kier alpha value is -1.03. The number of aliphatic hydroxyl groups is 1. The fourth-order valence-corrected chi connectivity index (χ4v) is 3.82. The minimum atomic E-state index is -3.36. The molecule has 0 spiro atoms. The largest absolute Gasteiger partial charge is 0.391 e. The van der Waals surface area contributed by atoms with Crippen molar-refractivity contribution in [1.29, 1.82) is 0 Å². The molecule has 1 aromatic heterocycles. The number of methoxy groups -OCH3 is 1. The highest BCUT2D eigenvalue weighted by molar-refractivity contribution is 7.88. The van der Waals surface area contributed by atoms with Gasteiger partial charge in [-0.1, -0.05) is 0 Å². The number of ether oxygens (including phenoxy) is 1. The van der Waals surface area contributed by atoms with Crippen LogP contribution in [0, 0.1) is 0 Å². The first kappa shape index (κ1) is 18.3. The molecule has 3 atom stereocenters. The molecule has 9 heteroatoms. The van der Waals surface area contributed by atoms with Crippen LogP contribution in [0.1, 0.15) is 56.7 Å². The number of rotatable bonds is 6. The van der Waals surface area contributed by atoms with Crippen LogP contribution in [0.25, 0.3) is 0 Å². The van der Waals surface area contributed by atoms with Gasteiger partial charge in [0.1, 0.15) is 12.4 Å². The second kappa shape index (κ2) is 7.25. The Labute approximate surface area is 137 Å². The summed E-state index contributed by atoms with van der Waals surface area (Å²) < 4.78 is 32.5. The highest BCUT2D eigenvalue weighted by Crippen LogP contribution is 2.33. The van der Waals surface area contributed by atoms with Crippen LogP contribution in [0.3, 0.4) is 0 Å². The van der Waals surface area contributed by atoms with Gasteiger partial charge in [0.05, 0.1) is 12.4 Å². The Bertz CT molecular complexity index is 629. The average molecular weight is 346 g/mol. The van der Waals surface area contributed by atoms with Gasteiger partial charge in [0.25, 0.3) is 0 Å². The highest BCUT2D eigenvalue weighted by atomic mass is 32.2. The quantitative estimate of drug-likeness (QED) is 0.779. The number of nitrogens with one attached hydrogen (secondary N) is 1. The van der Waals surface area contributed by atoms with Crippen molar-refractivity contribution in [3.8, 4) is 0 Å². The Morgan fingerprint density at radius 3 is 2.70 bits per heavy atom. The number of sulfonamides is 1. The summed E-state index contributed by atoms with van der Waals surface area (Å²) in [6, 6.07) is -0.344. The van der Waals surface area contributed by atoms with E-state index in [0.717, 1.165) is 18.5 Å². The molecule has 0 aromatic carbocycles. The lowest BCUT2D eigenvalue weighted by Crippen LogP contribution is -2.46. The third kappa shape index (κ3) is 4.72. The van der Waals surface area contributed by atoms with Crippen LogP contribution < -0.4 is 4.72 Å². The maximum atomic E-state index is 11.5. The molecule has 8 nitrogen and oxygen atoms in total. The molecule has 0 radical (unpaired) electrons. The predicted molar refractivity (Wildman–Crippen MR) is 85.5 cm³/mol. The standard InChI is InChI=1S/C14H26N4O4S/c1-9(2)18-14(15-13(16-18)8-22-3)10-5-6-12(19)11(7-10)17-23(4,20)21/h9-12,17,19H,5-8H2,1-4H3/t10-,11+,12+/m0/s1. The van der Waals surface area contributed by atoms with Crippen molar-refractivity contribution < 1.29 is 18.3 Å². The first-order chi connectivity index (χ1) is 10.7. The number of hydrogen-bond donors (Lipinski definition) is 2. The summed E-state index contributed by atoms with van der Waals surface area (Å²) in [6.45, 7) is 4.39. The maximum Gasteiger partial charge on any atom is 0.209 e. The van der Waals surface area contributed by atoms with Crippen LogP contribution in [0.15, 0.2) is 0 Å². The molecule has 1 aromatic rings. The summed E-state index contributed by atoms with van der Waals surface area (Å²) in [5.41, 5.74) is 0. The molecule has 1 aliphatic carbocycles. The normalized spacial score (nSPS) is 25.9. The van der Waals surface area contributed by atoms with E-state index < -0.39 is 22.2 Å². The Morgan fingerprint density at radius 2 is 2.13 bits per heavy atom. The molecule has 0 aliphatic heterocycles. The van der Waals surface area contributed by atoms with E-state index in [4.69, 9.17) is 4.74 Å². The fourth-order valence-electron chi connectivity index (χ4n) is 3.02. The van der Waals surface area contributed by atoms with Gasteiger partial charge in [-0.2, -0.15) is 5.10 Å². The maximum absolute atomic E-state index is 11.5. The summed E-state index contributed by atoms with van der Waals surface area (Å²) in [5, 5.41) is 14.5. The smallest absolute Gasteiger partial charge is 0.209 e. The van der Waals surface area contributed by atoms with Crippen LogP contribution in [0.4, 0.5) is 0 Å². The number of nitrogens with zero attached hydrogens (tertiary/aromatic N) is 3. The Morgan fingerprint density at radius 1 is 1.43 bits per heavy atom. The van der Waals surface area contributed by atoms with Crippen molar-refractivity contribution in [3.63, 3.8) is 0 Å². The van der Waals surface area contributed by atoms with Gasteiger partial charge in [0.15, 0.2) is 5.82 Å². The minimum absolute atomic E-state index is 0.0538. The average Bonchev–Trinajstić information content (AvgIpc) is 2.84. The summed E-state index contributed by atoms with van der Waals surface area (Å²) in [7, 11) is -1.77. The van der Waals surface area contributed by atoms with E-state index in [0.29, 0.717) is 25.3 Å². The predicted octanol–water partition coefficient (Wildman–Crippen LogP) is 0.552. The molecular formula is C14H26N4O4S. The number of aromatic nitrogens is 3. The molecule has 132 valence electrons. The summed E-state index contributed by atoms with van der Waals surface area (Å²) in [6.07, 6.45) is 2.22. The van der Waals surface area contributed by atoms with Gasteiger partial charge in [0, 0.05) is 25.1 Å². The first-order valence-electron chi connectivity index (χ1n) is 7.81. The zero-order chi connectivity index (χ0) is 17.2. The second-order valence-corrected chi connectivity index (χ2v) is 8.21. The van der Waals surface area contributed by atoms with E-state index in [1.165, 1.54) is 0 Å². The van der Waals surface area contributed by atoms with Gasteiger partial charge in [0.2, 0.25) is 10.0 Å². The van der Waals surface area contributed by atoms with Crippen molar-refractivity contribution in [1.82, 2.24) is 19.5 Å². The lowest BCUT2D eigenvalue weighted by atomic mass is 9.83. The van der Waals surface area contributed by atoms with Gasteiger partial charge in [-0.3, -0.25) is 0 Å². The Balaban J connectivity index is 2.23. The molecular weight excluding hydrogens is 320 g/mol. The van der Waals surface area contributed by atoms with Crippen LogP contribution in [-0.2, 0) is 21.4 Å². The molecule has 2 N–H and O–H groups in total. The Kier molecular flexibility index (Phi) is 5.77. The third-order valence-electron chi connectivity index (χ3n) is 4.01. The first-order valence-corrected chi connectivity index (χ1v) is 9.70. The molecule has 2 rings (SSSR count). The van der Waals surface area contributed by atoms with Gasteiger partial charge < -0.3 is 9.84 Å². The van der Waals surface area contributed by atoms with Crippen LogP contribution in [0.5, 0.6) is 0 Å². The number of aliphatic hydroxyl groups excluding tert-OH is 1. The van der Waals surface area contributed by atoms with Crippen LogP contribution >= 0.6 is 0 Å². The van der Waals surface area contributed by atoms with E-state index >= 15 is 0 Å². The summed E-state index contributed by atoms with van der Waals surface area (Å²) in [5.74, 6) is 1.51. The molecule has 0 amide bonds. The minimum Gasteiger partial charge on any atom is -0.391 e. The van der Waals surface area contributed by atoms with E-state index in [1.54, 1.807) is 7.11 Å². The molecule has 0 saturated heterocycles. The second-order valence-electron chi connectivity index (χ2n) is 6.43. The van der Waals surface area contributed by atoms with Crippen molar-refractivity contribution >= 4 is 10.0 Å². The zero-order valence-corrected chi connectivity index (χ0v) is 14.9.